The summed E-state index contributed by atoms with van der Waals surface area (Å²) in [6, 6.07) is 154. The van der Waals surface area contributed by atoms with Crippen LogP contribution in [-0.2, 0) is 0 Å². The Morgan fingerprint density at radius 2 is 0.453 bits per heavy atom. The highest BCUT2D eigenvalue weighted by Crippen LogP contribution is 2.47. The summed E-state index contributed by atoms with van der Waals surface area (Å²) in [5, 5.41) is 30.6. The Bertz CT molecular complexity index is 8290. The van der Waals surface area contributed by atoms with Gasteiger partial charge in [-0.3, -0.25) is 0 Å². The maximum Gasteiger partial charge on any atom is 0.136 e. The molecule has 0 saturated heterocycles. The molecule has 117 heavy (non-hydrogen) atoms. The minimum atomic E-state index is 0.920. The van der Waals surface area contributed by atoms with E-state index < -0.39 is 0 Å². The van der Waals surface area contributed by atoms with Gasteiger partial charge in [-0.25, -0.2) is 0 Å². The van der Waals surface area contributed by atoms with Gasteiger partial charge in [0.1, 0.15) is 11.2 Å². The Morgan fingerprint density at radius 3 is 0.915 bits per heavy atom. The van der Waals surface area contributed by atoms with Gasteiger partial charge in [0.25, 0.3) is 0 Å². The molecule has 544 valence electrons. The molecule has 0 aliphatic rings. The highest BCUT2D eigenvalue weighted by atomic mass is 16.3. The summed E-state index contributed by atoms with van der Waals surface area (Å²) >= 11 is 0. The molecule has 0 unspecified atom stereocenters. The summed E-state index contributed by atoms with van der Waals surface area (Å²) in [6.07, 6.45) is 0. The average molecular weight is 1490 g/mol. The number of rotatable bonds is 6. The zero-order valence-corrected chi connectivity index (χ0v) is 63.6. The van der Waals surface area contributed by atoms with Crippen LogP contribution in [-0.4, -0.2) is 18.3 Å². The number of benzene rings is 21. The van der Waals surface area contributed by atoms with Crippen LogP contribution in [0.2, 0.25) is 0 Å². The van der Waals surface area contributed by atoms with Gasteiger partial charge < -0.3 is 22.7 Å². The minimum Gasteiger partial charge on any atom is -0.456 e. The van der Waals surface area contributed by atoms with Crippen LogP contribution in [0.3, 0.4) is 0 Å². The summed E-state index contributed by atoms with van der Waals surface area (Å²) in [5.41, 5.74) is 21.2. The van der Waals surface area contributed by atoms with Crippen molar-refractivity contribution in [2.75, 3.05) is 0 Å². The minimum absolute atomic E-state index is 0.920. The van der Waals surface area contributed by atoms with Crippen LogP contribution < -0.4 is 0 Å². The van der Waals surface area contributed by atoms with E-state index in [0.717, 1.165) is 22.2 Å². The van der Waals surface area contributed by atoms with Gasteiger partial charge in [-0.05, 0) is 213 Å². The maximum atomic E-state index is 6.16. The predicted molar refractivity (Wildman–Crippen MR) is 497 cm³/mol. The van der Waals surface area contributed by atoms with Gasteiger partial charge in [-0.2, -0.15) is 0 Å². The summed E-state index contributed by atoms with van der Waals surface area (Å²) in [4.78, 5) is 0. The summed E-state index contributed by atoms with van der Waals surface area (Å²) in [6.45, 7) is 0. The van der Waals surface area contributed by atoms with Crippen LogP contribution in [0.5, 0.6) is 0 Å². The van der Waals surface area contributed by atoms with E-state index in [1.807, 2.05) is 12.1 Å². The Balaban J connectivity index is 0.000000101. The van der Waals surface area contributed by atoms with E-state index in [-0.39, 0.29) is 0 Å². The molecule has 0 bridgehead atoms. The first kappa shape index (κ1) is 66.1. The van der Waals surface area contributed by atoms with Crippen molar-refractivity contribution in [1.29, 1.82) is 0 Å². The normalized spacial score (nSPS) is 11.9. The van der Waals surface area contributed by atoms with Crippen molar-refractivity contribution < 1.29 is 4.42 Å². The molecule has 5 heteroatoms. The number of furan rings is 1. The molecule has 0 N–H and O–H groups in total. The second-order valence-corrected chi connectivity index (χ2v) is 30.9. The lowest BCUT2D eigenvalue weighted by atomic mass is 9.99. The topological polar surface area (TPSA) is 32.9 Å². The summed E-state index contributed by atoms with van der Waals surface area (Å²) in [7, 11) is 0. The first-order valence-corrected chi connectivity index (χ1v) is 40.3. The lowest BCUT2D eigenvalue weighted by Gasteiger charge is -2.11. The molecule has 0 saturated carbocycles. The van der Waals surface area contributed by atoms with Gasteiger partial charge in [0, 0.05) is 76.6 Å². The van der Waals surface area contributed by atoms with Gasteiger partial charge in [-0.15, -0.1) is 0 Å². The third kappa shape index (κ3) is 10.4. The molecule has 21 aromatic carbocycles. The molecule has 0 spiro atoms. The molecule has 0 radical (unpaired) electrons. The van der Waals surface area contributed by atoms with Gasteiger partial charge in [0.2, 0.25) is 0 Å². The molecule has 0 aliphatic heterocycles. The fourth-order valence-corrected chi connectivity index (χ4v) is 19.4. The third-order valence-corrected chi connectivity index (χ3v) is 24.6. The number of hydrogen-bond acceptors (Lipinski definition) is 1. The van der Waals surface area contributed by atoms with E-state index in [1.54, 1.807) is 0 Å². The van der Waals surface area contributed by atoms with Crippen molar-refractivity contribution in [2.45, 2.75) is 0 Å². The molecule has 5 heterocycles. The molecule has 0 atom stereocenters. The standard InChI is InChI=1S/C38H24N2.C38H23NO.C36H23N/c1-2-12-27(13-3-1)39-33-17-9-8-16-31(33)32-24-28(20-23-34(32)39)40-35-21-18-25-10-4-6-14-29(25)37(35)38-30-15-7-5-11-26(30)19-22-36(38)40;1-3-10-29-24(8-1)18-22-32-37(29)38-30-11-4-2-9-25(30)19-23-33(38)39(32)27-20-16-26(17-21-27)28-13-7-15-35-36(28)31-12-5-6-14-34(31)40-35;1-2-10-28-23-29(14-13-24(28)7-1)25-15-19-30(20-16-25)37-33-21-17-26-8-3-5-11-31(26)35(33)36-32-12-6-4-9-27(32)18-22-34(36)37/h1-24H;1-23H;1-23H. The van der Waals surface area contributed by atoms with Gasteiger partial charge in [-0.1, -0.05) is 309 Å². The van der Waals surface area contributed by atoms with Crippen molar-refractivity contribution in [3.63, 3.8) is 0 Å². The SMILES string of the molecule is c1ccc(-n2c3ccccc3c3cc(-n4c5ccc6ccccc6c5c5c6ccccc6ccc54)ccc32)cc1.c1ccc2c(c1)ccc1c2c2c3ccccc3ccc2n1-c1ccc(-c2cccc3oc4ccccc4c23)cc1.c1ccc2cc(-c3ccc(-n4c5ccc6ccccc6c5c5c6ccccc6ccc54)cc3)ccc2c1. The van der Waals surface area contributed by atoms with Gasteiger partial charge in [0.15, 0.2) is 0 Å². The fraction of sp³-hybridized carbons (Fsp3) is 0. The van der Waals surface area contributed by atoms with Crippen molar-refractivity contribution in [2.24, 2.45) is 0 Å². The molecule has 0 amide bonds. The first-order valence-electron chi connectivity index (χ1n) is 40.3. The van der Waals surface area contributed by atoms with E-state index in [0.29, 0.717) is 0 Å². The van der Waals surface area contributed by atoms with E-state index in [1.165, 1.54) is 207 Å². The first-order chi connectivity index (χ1) is 58.1. The maximum absolute atomic E-state index is 6.16. The number of para-hydroxylation sites is 3. The number of fused-ring (bicyclic) bond motifs is 28. The Hall–Kier alpha value is -15.6. The van der Waals surface area contributed by atoms with E-state index >= 15 is 0 Å². The van der Waals surface area contributed by atoms with Crippen molar-refractivity contribution in [3.05, 3.63) is 425 Å². The fourth-order valence-electron chi connectivity index (χ4n) is 19.4. The average Bonchev–Trinajstić information content (AvgIpc) is 1.56. The van der Waals surface area contributed by atoms with Crippen molar-refractivity contribution >= 4 is 185 Å². The predicted octanol–water partition coefficient (Wildman–Crippen LogP) is 30.8. The highest BCUT2D eigenvalue weighted by molar-refractivity contribution is 6.32. The Labute approximate surface area is 672 Å². The lowest BCUT2D eigenvalue weighted by molar-refractivity contribution is 0.669. The zero-order chi connectivity index (χ0) is 76.8. The molecular formula is C112H70N4O. The molecule has 26 rings (SSSR count). The molecular weight excluding hydrogens is 1420 g/mol. The molecule has 0 fully saturated rings. The van der Waals surface area contributed by atoms with Gasteiger partial charge in [0.05, 0.1) is 44.1 Å². The largest absolute Gasteiger partial charge is 0.456 e. The van der Waals surface area contributed by atoms with Crippen LogP contribution in [0.1, 0.15) is 0 Å². The Kier molecular flexibility index (Phi) is 15.0. The van der Waals surface area contributed by atoms with E-state index in [4.69, 9.17) is 4.42 Å². The molecule has 5 aromatic heterocycles. The van der Waals surface area contributed by atoms with Crippen LogP contribution in [0.15, 0.2) is 429 Å². The lowest BCUT2D eigenvalue weighted by Crippen LogP contribution is -1.95. The van der Waals surface area contributed by atoms with Crippen molar-refractivity contribution in [3.8, 4) is 45.0 Å². The number of aromatic nitrogens is 4. The van der Waals surface area contributed by atoms with Crippen LogP contribution >= 0.6 is 0 Å². The smallest absolute Gasteiger partial charge is 0.136 e. The third-order valence-electron chi connectivity index (χ3n) is 24.6. The molecule has 0 aliphatic carbocycles. The second-order valence-electron chi connectivity index (χ2n) is 30.9. The monoisotopic (exact) mass is 1490 g/mol. The molecule has 5 nitrogen and oxygen atoms in total. The van der Waals surface area contributed by atoms with Crippen molar-refractivity contribution in [1.82, 2.24) is 18.3 Å². The van der Waals surface area contributed by atoms with Crippen LogP contribution in [0, 0.1) is 0 Å². The quantitative estimate of drug-likeness (QED) is 0.163. The molecule has 26 aromatic rings. The second kappa shape index (κ2) is 26.5. The number of nitrogens with zero attached hydrogens (tertiary/aromatic N) is 4. The zero-order valence-electron chi connectivity index (χ0n) is 63.6. The van der Waals surface area contributed by atoms with E-state index in [2.05, 4.69) is 431 Å². The van der Waals surface area contributed by atoms with E-state index in [9.17, 15) is 0 Å². The van der Waals surface area contributed by atoms with Gasteiger partial charge >= 0.3 is 0 Å². The highest BCUT2D eigenvalue weighted by Gasteiger charge is 2.24. The Morgan fingerprint density at radius 1 is 0.145 bits per heavy atom. The summed E-state index contributed by atoms with van der Waals surface area (Å²) in [5.74, 6) is 0. The number of hydrogen-bond donors (Lipinski definition) is 0. The summed E-state index contributed by atoms with van der Waals surface area (Å²) < 4.78 is 15.8. The van der Waals surface area contributed by atoms with Crippen LogP contribution in [0.4, 0.5) is 0 Å². The van der Waals surface area contributed by atoms with Crippen LogP contribution in [0.25, 0.3) is 230 Å².